The molecule has 0 amide bonds. The third-order valence-corrected chi connectivity index (χ3v) is 3.14. The molecule has 16 heavy (non-hydrogen) atoms. The summed E-state index contributed by atoms with van der Waals surface area (Å²) in [6.07, 6.45) is 5.21. The quantitative estimate of drug-likeness (QED) is 0.833. The Balaban J connectivity index is 2.07. The van der Waals surface area contributed by atoms with Crippen molar-refractivity contribution in [3.05, 3.63) is 23.4 Å². The summed E-state index contributed by atoms with van der Waals surface area (Å²) in [7, 11) is 0. The first kappa shape index (κ1) is 11.4. The van der Waals surface area contributed by atoms with Crippen LogP contribution in [0.3, 0.4) is 0 Å². The van der Waals surface area contributed by atoms with Crippen molar-refractivity contribution >= 4 is 5.82 Å². The highest BCUT2D eigenvalue weighted by Gasteiger charge is 2.31. The van der Waals surface area contributed by atoms with Crippen LogP contribution < -0.4 is 5.73 Å². The van der Waals surface area contributed by atoms with Gasteiger partial charge in [0.1, 0.15) is 5.82 Å². The lowest BCUT2D eigenvalue weighted by Gasteiger charge is -2.19. The smallest absolute Gasteiger partial charge is 0.126 e. The fourth-order valence-corrected chi connectivity index (χ4v) is 2.27. The normalized spacial score (nSPS) is 23.6. The summed E-state index contributed by atoms with van der Waals surface area (Å²) in [4.78, 5) is 4.18. The van der Waals surface area contributed by atoms with Gasteiger partial charge in [-0.05, 0) is 44.7 Å². The average molecular weight is 220 g/mol. The van der Waals surface area contributed by atoms with Gasteiger partial charge in [-0.2, -0.15) is 0 Å². The fourth-order valence-electron chi connectivity index (χ4n) is 2.27. The molecule has 0 aliphatic carbocycles. The molecule has 1 fully saturated rings. The first-order valence-corrected chi connectivity index (χ1v) is 5.85. The Morgan fingerprint density at radius 1 is 1.56 bits per heavy atom. The highest BCUT2D eigenvalue weighted by atomic mass is 16.5. The van der Waals surface area contributed by atoms with Crippen molar-refractivity contribution in [2.24, 2.45) is 0 Å². The molecule has 0 saturated carbocycles. The molecule has 1 unspecified atom stereocenters. The van der Waals surface area contributed by atoms with E-state index < -0.39 is 0 Å². The number of aromatic nitrogens is 1. The zero-order valence-corrected chi connectivity index (χ0v) is 10.3. The summed E-state index contributed by atoms with van der Waals surface area (Å²) >= 11 is 0. The molecule has 2 heterocycles. The van der Waals surface area contributed by atoms with E-state index in [0.717, 1.165) is 30.4 Å². The number of aryl methyl sites for hydroxylation is 1. The number of nitrogen functional groups attached to an aromatic ring is 1. The Morgan fingerprint density at radius 3 is 2.94 bits per heavy atom. The molecule has 0 radical (unpaired) electrons. The lowest BCUT2D eigenvalue weighted by atomic mass is 10.0. The van der Waals surface area contributed by atoms with Crippen molar-refractivity contribution < 1.29 is 4.74 Å². The van der Waals surface area contributed by atoms with Crippen LogP contribution in [-0.4, -0.2) is 16.7 Å². The molecule has 1 aromatic rings. The zero-order chi connectivity index (χ0) is 11.8. The van der Waals surface area contributed by atoms with Gasteiger partial charge in [-0.25, -0.2) is 4.98 Å². The van der Waals surface area contributed by atoms with Crippen molar-refractivity contribution in [1.82, 2.24) is 4.98 Å². The summed E-state index contributed by atoms with van der Waals surface area (Å²) in [6.45, 7) is 6.32. The second-order valence-corrected chi connectivity index (χ2v) is 5.30. The molecular formula is C13H20N2O. The monoisotopic (exact) mass is 220 g/mol. The number of nitrogens with zero attached hydrogens (tertiary/aromatic N) is 1. The van der Waals surface area contributed by atoms with Gasteiger partial charge in [-0.1, -0.05) is 6.07 Å². The second-order valence-electron chi connectivity index (χ2n) is 5.30. The van der Waals surface area contributed by atoms with Crippen LogP contribution in [0.1, 0.15) is 37.8 Å². The molecule has 0 spiro atoms. The maximum Gasteiger partial charge on any atom is 0.126 e. The summed E-state index contributed by atoms with van der Waals surface area (Å²) in [5.74, 6) is 0.638. The third-order valence-electron chi connectivity index (χ3n) is 3.14. The van der Waals surface area contributed by atoms with Crippen LogP contribution >= 0.6 is 0 Å². The number of rotatable bonds is 2. The van der Waals surface area contributed by atoms with Crippen LogP contribution in [0.15, 0.2) is 12.3 Å². The van der Waals surface area contributed by atoms with Crippen molar-refractivity contribution in [3.8, 4) is 0 Å². The van der Waals surface area contributed by atoms with Crippen LogP contribution in [0.2, 0.25) is 0 Å². The van der Waals surface area contributed by atoms with Crippen molar-refractivity contribution in [1.29, 1.82) is 0 Å². The molecule has 3 heteroatoms. The van der Waals surface area contributed by atoms with Gasteiger partial charge in [0.25, 0.3) is 0 Å². The molecule has 0 bridgehead atoms. The maximum atomic E-state index is 5.96. The van der Waals surface area contributed by atoms with Gasteiger partial charge in [-0.3, -0.25) is 0 Å². The molecule has 1 aliphatic heterocycles. The Kier molecular flexibility index (Phi) is 2.89. The van der Waals surface area contributed by atoms with E-state index in [0.29, 0.717) is 11.9 Å². The Morgan fingerprint density at radius 2 is 2.31 bits per heavy atom. The summed E-state index contributed by atoms with van der Waals surface area (Å²) in [5, 5.41) is 0. The van der Waals surface area contributed by atoms with Gasteiger partial charge in [0.15, 0.2) is 0 Å². The minimum atomic E-state index is 0.0245. The molecule has 1 aromatic heterocycles. The van der Waals surface area contributed by atoms with E-state index >= 15 is 0 Å². The average Bonchev–Trinajstić information content (AvgIpc) is 2.52. The number of pyridine rings is 1. The summed E-state index contributed by atoms with van der Waals surface area (Å²) in [5.41, 5.74) is 8.16. The first-order valence-electron chi connectivity index (χ1n) is 5.85. The van der Waals surface area contributed by atoms with E-state index in [2.05, 4.69) is 24.9 Å². The highest BCUT2D eigenvalue weighted by molar-refractivity contribution is 5.41. The second kappa shape index (κ2) is 4.06. The minimum absolute atomic E-state index is 0.0245. The standard InChI is InChI=1S/C13H20N2O/c1-9-6-10(12(14)15-8-9)7-11-4-5-13(2,3)16-11/h6,8,11H,4-5,7H2,1-3H3,(H2,14,15). The largest absolute Gasteiger partial charge is 0.383 e. The predicted octanol–water partition coefficient (Wildman–Crippen LogP) is 2.47. The van der Waals surface area contributed by atoms with Gasteiger partial charge in [-0.15, -0.1) is 0 Å². The van der Waals surface area contributed by atoms with Crippen LogP contribution in [0.4, 0.5) is 5.82 Å². The topological polar surface area (TPSA) is 48.1 Å². The third kappa shape index (κ3) is 2.53. The van der Waals surface area contributed by atoms with E-state index in [1.165, 1.54) is 0 Å². The van der Waals surface area contributed by atoms with Crippen molar-refractivity contribution in [2.45, 2.75) is 51.7 Å². The lowest BCUT2D eigenvalue weighted by Crippen LogP contribution is -2.21. The van der Waals surface area contributed by atoms with Crippen LogP contribution in [-0.2, 0) is 11.2 Å². The van der Waals surface area contributed by atoms with E-state index in [9.17, 15) is 0 Å². The highest BCUT2D eigenvalue weighted by Crippen LogP contribution is 2.31. The van der Waals surface area contributed by atoms with Gasteiger partial charge in [0, 0.05) is 12.6 Å². The molecule has 88 valence electrons. The van der Waals surface area contributed by atoms with Gasteiger partial charge < -0.3 is 10.5 Å². The maximum absolute atomic E-state index is 5.96. The van der Waals surface area contributed by atoms with Crippen molar-refractivity contribution in [3.63, 3.8) is 0 Å². The number of ether oxygens (including phenoxy) is 1. The lowest BCUT2D eigenvalue weighted by molar-refractivity contribution is -0.0144. The van der Waals surface area contributed by atoms with Gasteiger partial charge in [0.05, 0.1) is 11.7 Å². The predicted molar refractivity (Wildman–Crippen MR) is 65.3 cm³/mol. The molecule has 3 nitrogen and oxygen atoms in total. The van der Waals surface area contributed by atoms with E-state index in [-0.39, 0.29) is 5.60 Å². The number of anilines is 1. The fraction of sp³-hybridized carbons (Fsp3) is 0.615. The Labute approximate surface area is 97.0 Å². The number of nitrogens with two attached hydrogens (primary N) is 1. The summed E-state index contributed by atoms with van der Waals surface area (Å²) in [6, 6.07) is 2.11. The molecule has 1 atom stereocenters. The molecule has 2 rings (SSSR count). The zero-order valence-electron chi connectivity index (χ0n) is 10.3. The number of hydrogen-bond acceptors (Lipinski definition) is 3. The summed E-state index contributed by atoms with van der Waals surface area (Å²) < 4.78 is 5.96. The minimum Gasteiger partial charge on any atom is -0.383 e. The van der Waals surface area contributed by atoms with E-state index in [4.69, 9.17) is 10.5 Å². The van der Waals surface area contributed by atoms with Crippen LogP contribution in [0, 0.1) is 6.92 Å². The Hall–Kier alpha value is -1.09. The van der Waals surface area contributed by atoms with E-state index in [1.54, 1.807) is 6.20 Å². The first-order chi connectivity index (χ1) is 7.46. The molecular weight excluding hydrogens is 200 g/mol. The number of hydrogen-bond donors (Lipinski definition) is 1. The Bertz CT molecular complexity index is 388. The molecule has 2 N–H and O–H groups in total. The molecule has 1 saturated heterocycles. The molecule has 1 aliphatic rings. The van der Waals surface area contributed by atoms with Gasteiger partial charge in [0.2, 0.25) is 0 Å². The van der Waals surface area contributed by atoms with Crippen molar-refractivity contribution in [2.75, 3.05) is 5.73 Å². The molecule has 0 aromatic carbocycles. The SMILES string of the molecule is Cc1cnc(N)c(CC2CCC(C)(C)O2)c1. The van der Waals surface area contributed by atoms with Gasteiger partial charge >= 0.3 is 0 Å². The van der Waals surface area contributed by atoms with Crippen LogP contribution in [0.5, 0.6) is 0 Å². The van der Waals surface area contributed by atoms with Crippen LogP contribution in [0.25, 0.3) is 0 Å². The van der Waals surface area contributed by atoms with E-state index in [1.807, 2.05) is 6.92 Å².